The first-order valence-electron chi connectivity index (χ1n) is 6.56. The molecule has 0 heterocycles. The van der Waals surface area contributed by atoms with Crippen LogP contribution in [0.5, 0.6) is 0 Å². The third-order valence-corrected chi connectivity index (χ3v) is 4.55. The van der Waals surface area contributed by atoms with Gasteiger partial charge in [0, 0.05) is 0 Å². The van der Waals surface area contributed by atoms with Gasteiger partial charge in [-0.2, -0.15) is 8.42 Å². The molecule has 0 N–H and O–H groups in total. The number of carbonyl (C=O) groups excluding carboxylic acids is 1. The lowest BCUT2D eigenvalue weighted by Crippen LogP contribution is -2.12. The number of carbonyl (C=O) groups is 1. The summed E-state index contributed by atoms with van der Waals surface area (Å²) in [5, 5.41) is 0. The molecule has 1 aliphatic rings. The lowest BCUT2D eigenvalue weighted by molar-refractivity contribution is -0.145. The molecule has 0 aromatic heterocycles. The zero-order valence-electron chi connectivity index (χ0n) is 11.5. The number of hydrogen-bond donors (Lipinski definition) is 0. The van der Waals surface area contributed by atoms with Crippen LogP contribution in [-0.2, 0) is 23.8 Å². The summed E-state index contributed by atoms with van der Waals surface area (Å²) in [5.41, 5.74) is 0.980. The van der Waals surface area contributed by atoms with Crippen LogP contribution in [0.2, 0.25) is 0 Å². The summed E-state index contributed by atoms with van der Waals surface area (Å²) in [6.45, 7) is 3.99. The summed E-state index contributed by atoms with van der Waals surface area (Å²) in [4.78, 5) is 11.6. The van der Waals surface area contributed by atoms with Crippen molar-refractivity contribution < 1.29 is 22.1 Å². The van der Waals surface area contributed by atoms with E-state index in [0.29, 0.717) is 13.0 Å². The zero-order chi connectivity index (χ0) is 14.8. The second kappa shape index (κ2) is 5.93. The minimum atomic E-state index is -3.75. The Morgan fingerprint density at radius 2 is 1.95 bits per heavy atom. The first kappa shape index (κ1) is 15.0. The average Bonchev–Trinajstić information content (AvgIpc) is 3.17. The smallest absolute Gasteiger partial charge is 0.309 e. The summed E-state index contributed by atoms with van der Waals surface area (Å²) < 4.78 is 33.8. The van der Waals surface area contributed by atoms with E-state index in [-0.39, 0.29) is 29.3 Å². The van der Waals surface area contributed by atoms with Crippen LogP contribution in [0.3, 0.4) is 0 Å². The van der Waals surface area contributed by atoms with Crippen LogP contribution in [0.15, 0.2) is 29.2 Å². The van der Waals surface area contributed by atoms with E-state index in [1.165, 1.54) is 12.1 Å². The van der Waals surface area contributed by atoms with Crippen LogP contribution < -0.4 is 0 Å². The van der Waals surface area contributed by atoms with Gasteiger partial charge in [-0.1, -0.05) is 17.7 Å². The molecular weight excluding hydrogens is 280 g/mol. The average molecular weight is 298 g/mol. The normalized spacial score (nSPS) is 21.5. The predicted molar refractivity (Wildman–Crippen MR) is 72.5 cm³/mol. The third kappa shape index (κ3) is 3.58. The van der Waals surface area contributed by atoms with Crippen molar-refractivity contribution in [1.82, 2.24) is 0 Å². The second-order valence-corrected chi connectivity index (χ2v) is 6.52. The number of hydrogen-bond acceptors (Lipinski definition) is 5. The second-order valence-electron chi connectivity index (χ2n) is 4.91. The van der Waals surface area contributed by atoms with Gasteiger partial charge in [-0.15, -0.1) is 0 Å². The van der Waals surface area contributed by atoms with Crippen molar-refractivity contribution >= 4 is 16.1 Å². The van der Waals surface area contributed by atoms with Crippen molar-refractivity contribution in [2.24, 2.45) is 11.8 Å². The highest BCUT2D eigenvalue weighted by atomic mass is 32.2. The van der Waals surface area contributed by atoms with E-state index in [4.69, 9.17) is 8.92 Å². The molecule has 1 fully saturated rings. The fourth-order valence-corrected chi connectivity index (χ4v) is 2.88. The molecule has 0 unspecified atom stereocenters. The van der Waals surface area contributed by atoms with Crippen LogP contribution in [0.1, 0.15) is 18.9 Å². The highest BCUT2D eigenvalue weighted by molar-refractivity contribution is 7.86. The molecule has 6 heteroatoms. The number of aryl methyl sites for hydroxylation is 1. The first-order valence-corrected chi connectivity index (χ1v) is 7.97. The maximum Gasteiger partial charge on any atom is 0.309 e. The molecule has 0 bridgehead atoms. The number of rotatable bonds is 6. The van der Waals surface area contributed by atoms with E-state index < -0.39 is 10.1 Å². The van der Waals surface area contributed by atoms with E-state index in [2.05, 4.69) is 0 Å². The minimum Gasteiger partial charge on any atom is -0.466 e. The molecule has 2 atom stereocenters. The van der Waals surface area contributed by atoms with E-state index >= 15 is 0 Å². The van der Waals surface area contributed by atoms with Crippen LogP contribution in [0.4, 0.5) is 0 Å². The third-order valence-electron chi connectivity index (χ3n) is 3.26. The molecule has 2 rings (SSSR count). The van der Waals surface area contributed by atoms with Gasteiger partial charge in [0.15, 0.2) is 0 Å². The highest BCUT2D eigenvalue weighted by Crippen LogP contribution is 2.40. The summed E-state index contributed by atoms with van der Waals surface area (Å²) in [6, 6.07) is 6.46. The molecular formula is C14H18O5S. The molecule has 1 aliphatic carbocycles. The van der Waals surface area contributed by atoms with Gasteiger partial charge >= 0.3 is 5.97 Å². The monoisotopic (exact) mass is 298 g/mol. The van der Waals surface area contributed by atoms with Crippen molar-refractivity contribution in [3.8, 4) is 0 Å². The Morgan fingerprint density at radius 1 is 1.30 bits per heavy atom. The lowest BCUT2D eigenvalue weighted by Gasteiger charge is -2.05. The Hall–Kier alpha value is -1.40. The molecule has 20 heavy (non-hydrogen) atoms. The Balaban J connectivity index is 1.88. The van der Waals surface area contributed by atoms with Gasteiger partial charge in [0.1, 0.15) is 0 Å². The molecule has 1 aromatic carbocycles. The van der Waals surface area contributed by atoms with Gasteiger partial charge in [0.25, 0.3) is 10.1 Å². The molecule has 0 spiro atoms. The molecule has 5 nitrogen and oxygen atoms in total. The van der Waals surface area contributed by atoms with Crippen LogP contribution in [0.25, 0.3) is 0 Å². The van der Waals surface area contributed by atoms with Gasteiger partial charge in [-0.05, 0) is 38.3 Å². The van der Waals surface area contributed by atoms with Crippen molar-refractivity contribution in [2.75, 3.05) is 13.2 Å². The van der Waals surface area contributed by atoms with Crippen molar-refractivity contribution in [2.45, 2.75) is 25.2 Å². The fraction of sp³-hybridized carbons (Fsp3) is 0.500. The van der Waals surface area contributed by atoms with Gasteiger partial charge < -0.3 is 4.74 Å². The largest absolute Gasteiger partial charge is 0.466 e. The summed E-state index contributed by atoms with van der Waals surface area (Å²) in [7, 11) is -3.75. The summed E-state index contributed by atoms with van der Waals surface area (Å²) >= 11 is 0. The molecule has 110 valence electrons. The molecule has 0 aliphatic heterocycles. The van der Waals surface area contributed by atoms with Gasteiger partial charge in [0.2, 0.25) is 0 Å². The maximum atomic E-state index is 11.9. The Kier molecular flexibility index (Phi) is 4.45. The fourth-order valence-electron chi connectivity index (χ4n) is 1.92. The standard InChI is InChI=1S/C14H18O5S/c1-3-18-14(15)13-8-11(13)9-19-20(16,17)12-6-4-10(2)5-7-12/h4-7,11,13H,3,8-9H2,1-2H3/t11-,13+/m1/s1. The lowest BCUT2D eigenvalue weighted by atomic mass is 10.2. The first-order chi connectivity index (χ1) is 9.44. The Labute approximate surface area is 119 Å². The summed E-state index contributed by atoms with van der Waals surface area (Å²) in [6.07, 6.45) is 0.627. The van der Waals surface area contributed by atoms with Crippen LogP contribution >= 0.6 is 0 Å². The molecule has 0 amide bonds. The van der Waals surface area contributed by atoms with Crippen molar-refractivity contribution in [3.63, 3.8) is 0 Å². The van der Waals surface area contributed by atoms with E-state index in [9.17, 15) is 13.2 Å². The van der Waals surface area contributed by atoms with E-state index in [1.54, 1.807) is 19.1 Å². The van der Waals surface area contributed by atoms with E-state index in [0.717, 1.165) is 5.56 Å². The number of benzene rings is 1. The highest BCUT2D eigenvalue weighted by Gasteiger charge is 2.45. The topological polar surface area (TPSA) is 69.7 Å². The Bertz CT molecular complexity index is 576. The predicted octanol–water partition coefficient (Wildman–Crippen LogP) is 1.90. The molecule has 0 radical (unpaired) electrons. The molecule has 1 aromatic rings. The van der Waals surface area contributed by atoms with Crippen molar-refractivity contribution in [3.05, 3.63) is 29.8 Å². The van der Waals surface area contributed by atoms with Gasteiger partial charge in [0.05, 0.1) is 24.0 Å². The van der Waals surface area contributed by atoms with Crippen LogP contribution in [-0.4, -0.2) is 27.6 Å². The van der Waals surface area contributed by atoms with Crippen molar-refractivity contribution in [1.29, 1.82) is 0 Å². The quantitative estimate of drug-likeness (QED) is 0.592. The van der Waals surface area contributed by atoms with E-state index in [1.807, 2.05) is 6.92 Å². The molecule has 0 saturated heterocycles. The maximum absolute atomic E-state index is 11.9. The summed E-state index contributed by atoms with van der Waals surface area (Å²) in [5.74, 6) is -0.550. The molecule has 1 saturated carbocycles. The van der Waals surface area contributed by atoms with Gasteiger partial charge in [-0.3, -0.25) is 8.98 Å². The number of ether oxygens (including phenoxy) is 1. The zero-order valence-corrected chi connectivity index (χ0v) is 12.4. The minimum absolute atomic E-state index is 0.0275. The van der Waals surface area contributed by atoms with Crippen LogP contribution in [0, 0.1) is 18.8 Å². The number of esters is 1. The van der Waals surface area contributed by atoms with Gasteiger partial charge in [-0.25, -0.2) is 0 Å². The SMILES string of the molecule is CCOC(=O)[C@H]1C[C@@H]1COS(=O)(=O)c1ccc(C)cc1. The Morgan fingerprint density at radius 3 is 2.55 bits per heavy atom.